The van der Waals surface area contributed by atoms with Crippen LogP contribution in [-0.4, -0.2) is 23.4 Å². The molecule has 0 aromatic heterocycles. The number of halogens is 1. The van der Waals surface area contributed by atoms with Crippen LogP contribution in [0.4, 0.5) is 0 Å². The molecule has 0 bridgehead atoms. The van der Waals surface area contributed by atoms with Gasteiger partial charge in [-0.05, 0) is 31.0 Å². The molecule has 0 radical (unpaired) electrons. The Morgan fingerprint density at radius 3 is 2.81 bits per heavy atom. The lowest BCUT2D eigenvalue weighted by molar-refractivity contribution is 0.260. The number of hydrogen-bond donors (Lipinski definition) is 3. The van der Waals surface area contributed by atoms with Crippen LogP contribution >= 0.6 is 11.6 Å². The summed E-state index contributed by atoms with van der Waals surface area (Å²) in [4.78, 5) is 0. The predicted molar refractivity (Wildman–Crippen MR) is 65.7 cm³/mol. The van der Waals surface area contributed by atoms with E-state index in [0.717, 1.165) is 18.5 Å². The number of phenolic OH excluding ortho intramolecular Hbond substituents is 1. The van der Waals surface area contributed by atoms with Gasteiger partial charge in [-0.15, -0.1) is 0 Å². The maximum atomic E-state index is 9.60. The van der Waals surface area contributed by atoms with Gasteiger partial charge in [-0.25, -0.2) is 0 Å². The zero-order valence-corrected chi connectivity index (χ0v) is 10.2. The Bertz CT molecular complexity index is 311. The van der Waals surface area contributed by atoms with Gasteiger partial charge >= 0.3 is 0 Å². The van der Waals surface area contributed by atoms with E-state index in [-0.39, 0.29) is 12.4 Å². The first-order valence-corrected chi connectivity index (χ1v) is 5.81. The average Bonchev–Trinajstić information content (AvgIpc) is 2.23. The summed E-state index contributed by atoms with van der Waals surface area (Å²) >= 11 is 5.97. The van der Waals surface area contributed by atoms with E-state index in [4.69, 9.17) is 16.7 Å². The Labute approximate surface area is 101 Å². The molecule has 0 heterocycles. The van der Waals surface area contributed by atoms with Gasteiger partial charge < -0.3 is 15.5 Å². The summed E-state index contributed by atoms with van der Waals surface area (Å²) in [5, 5.41) is 22.1. The summed E-state index contributed by atoms with van der Waals surface area (Å²) in [6.45, 7) is 3.61. The standard InChI is InChI=1S/C12H18ClNO2/c1-9(5-6-15)7-14-8-10-11(13)3-2-4-12(10)16/h2-4,9,14-16H,5-8H2,1H3. The molecule has 1 aromatic carbocycles. The molecule has 0 saturated heterocycles. The van der Waals surface area contributed by atoms with E-state index in [9.17, 15) is 5.11 Å². The molecule has 1 unspecified atom stereocenters. The molecular formula is C12H18ClNO2. The van der Waals surface area contributed by atoms with Crippen LogP contribution in [0.25, 0.3) is 0 Å². The van der Waals surface area contributed by atoms with Gasteiger partial charge in [-0.3, -0.25) is 0 Å². The third-order valence-corrected chi connectivity index (χ3v) is 2.86. The monoisotopic (exact) mass is 243 g/mol. The van der Waals surface area contributed by atoms with Crippen molar-refractivity contribution in [1.82, 2.24) is 5.32 Å². The first-order valence-electron chi connectivity index (χ1n) is 5.43. The minimum absolute atomic E-state index is 0.209. The molecule has 16 heavy (non-hydrogen) atoms. The number of benzene rings is 1. The molecule has 0 spiro atoms. The fourth-order valence-electron chi connectivity index (χ4n) is 1.49. The molecule has 0 aliphatic rings. The SMILES string of the molecule is CC(CCO)CNCc1c(O)cccc1Cl. The van der Waals surface area contributed by atoms with Crippen molar-refractivity contribution in [2.75, 3.05) is 13.2 Å². The van der Waals surface area contributed by atoms with Crippen molar-refractivity contribution in [3.8, 4) is 5.75 Å². The lowest BCUT2D eigenvalue weighted by atomic mass is 10.1. The minimum atomic E-state index is 0.209. The van der Waals surface area contributed by atoms with E-state index in [0.29, 0.717) is 17.5 Å². The number of rotatable bonds is 6. The molecule has 3 nitrogen and oxygen atoms in total. The molecule has 3 N–H and O–H groups in total. The Morgan fingerprint density at radius 2 is 2.19 bits per heavy atom. The number of aliphatic hydroxyl groups excluding tert-OH is 1. The van der Waals surface area contributed by atoms with E-state index >= 15 is 0 Å². The van der Waals surface area contributed by atoms with E-state index in [1.165, 1.54) is 0 Å². The van der Waals surface area contributed by atoms with Gasteiger partial charge in [-0.1, -0.05) is 24.6 Å². The van der Waals surface area contributed by atoms with Crippen LogP contribution in [0.15, 0.2) is 18.2 Å². The van der Waals surface area contributed by atoms with Gasteiger partial charge in [0.05, 0.1) is 0 Å². The molecule has 0 aliphatic heterocycles. The minimum Gasteiger partial charge on any atom is -0.508 e. The van der Waals surface area contributed by atoms with Gasteiger partial charge in [-0.2, -0.15) is 0 Å². The van der Waals surface area contributed by atoms with Crippen LogP contribution < -0.4 is 5.32 Å². The second-order valence-corrected chi connectivity index (χ2v) is 4.39. The highest BCUT2D eigenvalue weighted by atomic mass is 35.5. The zero-order valence-electron chi connectivity index (χ0n) is 9.41. The van der Waals surface area contributed by atoms with Crippen molar-refractivity contribution in [2.24, 2.45) is 5.92 Å². The van der Waals surface area contributed by atoms with Gasteiger partial charge in [0.25, 0.3) is 0 Å². The summed E-state index contributed by atoms with van der Waals surface area (Å²) in [7, 11) is 0. The summed E-state index contributed by atoms with van der Waals surface area (Å²) in [6, 6.07) is 5.10. The number of hydrogen-bond acceptors (Lipinski definition) is 3. The molecule has 0 fully saturated rings. The summed E-state index contributed by atoms with van der Waals surface area (Å²) in [5.41, 5.74) is 0.723. The van der Waals surface area contributed by atoms with Crippen molar-refractivity contribution >= 4 is 11.6 Å². The number of phenols is 1. The first-order chi connectivity index (χ1) is 7.65. The van der Waals surface area contributed by atoms with Crippen LogP contribution in [0.5, 0.6) is 5.75 Å². The molecule has 4 heteroatoms. The quantitative estimate of drug-likeness (QED) is 0.718. The second-order valence-electron chi connectivity index (χ2n) is 3.99. The van der Waals surface area contributed by atoms with Crippen molar-refractivity contribution in [3.63, 3.8) is 0 Å². The maximum Gasteiger partial charge on any atom is 0.121 e. The van der Waals surface area contributed by atoms with Gasteiger partial charge in [0.1, 0.15) is 5.75 Å². The highest BCUT2D eigenvalue weighted by molar-refractivity contribution is 6.31. The van der Waals surface area contributed by atoms with Crippen LogP contribution in [0, 0.1) is 5.92 Å². The lowest BCUT2D eigenvalue weighted by Crippen LogP contribution is -2.21. The second kappa shape index (κ2) is 6.74. The number of aromatic hydroxyl groups is 1. The van der Waals surface area contributed by atoms with Crippen LogP contribution in [0.2, 0.25) is 5.02 Å². The Morgan fingerprint density at radius 1 is 1.44 bits per heavy atom. The summed E-state index contributed by atoms with van der Waals surface area (Å²) < 4.78 is 0. The molecule has 1 rings (SSSR count). The summed E-state index contributed by atoms with van der Waals surface area (Å²) in [6.07, 6.45) is 0.779. The van der Waals surface area contributed by atoms with Crippen LogP contribution in [-0.2, 0) is 6.54 Å². The topological polar surface area (TPSA) is 52.5 Å². The van der Waals surface area contributed by atoms with Gasteiger partial charge in [0.15, 0.2) is 0 Å². The molecule has 0 aliphatic carbocycles. The Balaban J connectivity index is 2.43. The van der Waals surface area contributed by atoms with Crippen molar-refractivity contribution in [2.45, 2.75) is 19.9 Å². The first kappa shape index (κ1) is 13.3. The maximum absolute atomic E-state index is 9.60. The highest BCUT2D eigenvalue weighted by Gasteiger charge is 2.06. The molecule has 90 valence electrons. The average molecular weight is 244 g/mol. The normalized spacial score (nSPS) is 12.7. The molecule has 1 aromatic rings. The fraction of sp³-hybridized carbons (Fsp3) is 0.500. The Kier molecular flexibility index (Phi) is 5.60. The van der Waals surface area contributed by atoms with Gasteiger partial charge in [0, 0.05) is 23.7 Å². The Hall–Kier alpha value is -0.770. The van der Waals surface area contributed by atoms with Crippen LogP contribution in [0.1, 0.15) is 18.9 Å². The zero-order chi connectivity index (χ0) is 12.0. The lowest BCUT2D eigenvalue weighted by Gasteiger charge is -2.12. The smallest absolute Gasteiger partial charge is 0.121 e. The third kappa shape index (κ3) is 4.00. The third-order valence-electron chi connectivity index (χ3n) is 2.51. The van der Waals surface area contributed by atoms with Gasteiger partial charge in [0.2, 0.25) is 0 Å². The van der Waals surface area contributed by atoms with E-state index in [2.05, 4.69) is 12.2 Å². The highest BCUT2D eigenvalue weighted by Crippen LogP contribution is 2.24. The van der Waals surface area contributed by atoms with Crippen molar-refractivity contribution in [1.29, 1.82) is 0 Å². The number of aliphatic hydroxyl groups is 1. The van der Waals surface area contributed by atoms with E-state index in [1.807, 2.05) is 0 Å². The van der Waals surface area contributed by atoms with E-state index < -0.39 is 0 Å². The van der Waals surface area contributed by atoms with Crippen molar-refractivity contribution < 1.29 is 10.2 Å². The largest absolute Gasteiger partial charge is 0.508 e. The van der Waals surface area contributed by atoms with E-state index in [1.54, 1.807) is 18.2 Å². The van der Waals surface area contributed by atoms with Crippen molar-refractivity contribution in [3.05, 3.63) is 28.8 Å². The predicted octanol–water partition coefficient (Wildman–Crippen LogP) is 2.15. The molecular weight excluding hydrogens is 226 g/mol. The summed E-state index contributed by atoms with van der Waals surface area (Å²) in [5.74, 6) is 0.629. The van der Waals surface area contributed by atoms with Crippen LogP contribution in [0.3, 0.4) is 0 Å². The fourth-order valence-corrected chi connectivity index (χ4v) is 1.72. The molecule has 0 saturated carbocycles. The molecule has 0 amide bonds. The molecule has 1 atom stereocenters. The number of nitrogens with one attached hydrogen (secondary N) is 1.